The van der Waals surface area contributed by atoms with Gasteiger partial charge in [0.25, 0.3) is 0 Å². The molecule has 0 fully saturated rings. The second kappa shape index (κ2) is 8.24. The molecule has 0 aliphatic heterocycles. The number of hydrogen-bond donors (Lipinski definition) is 1. The smallest absolute Gasteiger partial charge is 0.239 e. The van der Waals surface area contributed by atoms with Gasteiger partial charge < -0.3 is 5.32 Å². The summed E-state index contributed by atoms with van der Waals surface area (Å²) in [5, 5.41) is 14.2. The molecular weight excluding hydrogens is 368 g/mol. The lowest BCUT2D eigenvalue weighted by Gasteiger charge is -2.11. The van der Waals surface area contributed by atoms with Crippen LogP contribution in [0.3, 0.4) is 0 Å². The van der Waals surface area contributed by atoms with Gasteiger partial charge in [0.1, 0.15) is 0 Å². The Kier molecular flexibility index (Phi) is 5.79. The number of allylic oxidation sites excluding steroid dienone is 1. The van der Waals surface area contributed by atoms with Crippen LogP contribution in [0.5, 0.6) is 0 Å². The number of amides is 1. The highest BCUT2D eigenvalue weighted by Gasteiger charge is 2.21. The van der Waals surface area contributed by atoms with E-state index in [0.717, 1.165) is 17.1 Å². The van der Waals surface area contributed by atoms with Gasteiger partial charge in [-0.1, -0.05) is 17.8 Å². The molecule has 9 heteroatoms. The maximum absolute atomic E-state index is 12.4. The molecule has 1 amide bonds. The predicted molar refractivity (Wildman–Crippen MR) is 104 cm³/mol. The molecule has 0 bridgehead atoms. The van der Waals surface area contributed by atoms with Crippen LogP contribution in [0.2, 0.25) is 0 Å². The van der Waals surface area contributed by atoms with Crippen molar-refractivity contribution in [2.24, 2.45) is 0 Å². The molecule has 0 saturated heterocycles. The van der Waals surface area contributed by atoms with Crippen LogP contribution in [-0.2, 0) is 11.3 Å². The lowest BCUT2D eigenvalue weighted by Crippen LogP contribution is -2.22. The van der Waals surface area contributed by atoms with E-state index >= 15 is 0 Å². The van der Waals surface area contributed by atoms with E-state index in [2.05, 4.69) is 32.1 Å². The highest BCUT2D eigenvalue weighted by Crippen LogP contribution is 2.27. The molecule has 3 aromatic rings. The fourth-order valence-electron chi connectivity index (χ4n) is 2.21. The largest absolute Gasteiger partial charge is 0.301 e. The van der Waals surface area contributed by atoms with Gasteiger partial charge in [-0.05, 0) is 26.0 Å². The van der Waals surface area contributed by atoms with Crippen molar-refractivity contribution in [1.29, 1.82) is 0 Å². The van der Waals surface area contributed by atoms with Gasteiger partial charge in [0.05, 0.1) is 10.9 Å². The van der Waals surface area contributed by atoms with Crippen molar-refractivity contribution in [3.05, 3.63) is 48.3 Å². The normalized spacial score (nSPS) is 11.9. The average molecular weight is 387 g/mol. The standard InChI is InChI=1S/C17H18N6OS2/c1-4-9-23-14(13-5-7-18-8-6-13)21-22-17(23)26-12(3)15(24)20-16-19-11(2)10-25-16/h4-8,10,12H,1,9H2,2-3H3,(H,19,20,24)/t12-/m0/s1. The molecule has 26 heavy (non-hydrogen) atoms. The Balaban J connectivity index is 1.77. The average Bonchev–Trinajstić information content (AvgIpc) is 3.22. The van der Waals surface area contributed by atoms with Crippen molar-refractivity contribution in [2.75, 3.05) is 5.32 Å². The summed E-state index contributed by atoms with van der Waals surface area (Å²) < 4.78 is 1.93. The van der Waals surface area contributed by atoms with Gasteiger partial charge in [0.2, 0.25) is 5.91 Å². The number of carbonyl (C=O) groups excluding carboxylic acids is 1. The number of thiazole rings is 1. The van der Waals surface area contributed by atoms with Crippen molar-refractivity contribution < 1.29 is 4.79 Å². The highest BCUT2D eigenvalue weighted by atomic mass is 32.2. The Bertz CT molecular complexity index is 905. The summed E-state index contributed by atoms with van der Waals surface area (Å²) in [6.45, 7) is 8.07. The summed E-state index contributed by atoms with van der Waals surface area (Å²) in [7, 11) is 0. The lowest BCUT2D eigenvalue weighted by atomic mass is 10.2. The van der Waals surface area contributed by atoms with Gasteiger partial charge in [-0.15, -0.1) is 28.1 Å². The quantitative estimate of drug-likeness (QED) is 0.495. The van der Waals surface area contributed by atoms with Gasteiger partial charge >= 0.3 is 0 Å². The van der Waals surface area contributed by atoms with Gasteiger partial charge in [-0.3, -0.25) is 14.3 Å². The summed E-state index contributed by atoms with van der Waals surface area (Å²) in [5.41, 5.74) is 1.80. The number of carbonyl (C=O) groups is 1. The number of hydrogen-bond acceptors (Lipinski definition) is 7. The topological polar surface area (TPSA) is 85.6 Å². The zero-order valence-corrected chi connectivity index (χ0v) is 16.0. The van der Waals surface area contributed by atoms with Crippen molar-refractivity contribution >= 4 is 34.1 Å². The zero-order valence-electron chi connectivity index (χ0n) is 14.4. The van der Waals surface area contributed by atoms with Crippen LogP contribution in [-0.4, -0.2) is 35.9 Å². The van der Waals surface area contributed by atoms with Crippen molar-refractivity contribution in [2.45, 2.75) is 30.8 Å². The third kappa shape index (κ3) is 4.17. The van der Waals surface area contributed by atoms with Gasteiger partial charge in [-0.2, -0.15) is 0 Å². The SMILES string of the molecule is C=CCn1c(S[C@@H](C)C(=O)Nc2nc(C)cs2)nnc1-c1ccncc1. The third-order valence-electron chi connectivity index (χ3n) is 3.47. The van der Waals surface area contributed by atoms with Crippen molar-refractivity contribution in [3.63, 3.8) is 0 Å². The molecule has 3 heterocycles. The lowest BCUT2D eigenvalue weighted by molar-refractivity contribution is -0.115. The molecule has 1 N–H and O–H groups in total. The van der Waals surface area contributed by atoms with E-state index in [0.29, 0.717) is 16.8 Å². The van der Waals surface area contributed by atoms with E-state index in [1.807, 2.05) is 35.9 Å². The summed E-state index contributed by atoms with van der Waals surface area (Å²) >= 11 is 2.76. The molecule has 3 aromatic heterocycles. The maximum atomic E-state index is 12.4. The van der Waals surface area contributed by atoms with Crippen molar-refractivity contribution in [1.82, 2.24) is 24.7 Å². The van der Waals surface area contributed by atoms with Gasteiger partial charge in [0.15, 0.2) is 16.1 Å². The Morgan fingerprint density at radius 3 is 2.85 bits per heavy atom. The minimum atomic E-state index is -0.350. The second-order valence-electron chi connectivity index (χ2n) is 5.48. The van der Waals surface area contributed by atoms with E-state index in [-0.39, 0.29) is 11.2 Å². The molecule has 0 spiro atoms. The van der Waals surface area contributed by atoms with E-state index in [1.165, 1.54) is 23.1 Å². The first-order valence-electron chi connectivity index (χ1n) is 7.92. The molecule has 0 aliphatic rings. The molecule has 0 aliphatic carbocycles. The number of aryl methyl sites for hydroxylation is 1. The fourth-order valence-corrected chi connectivity index (χ4v) is 3.76. The van der Waals surface area contributed by atoms with E-state index in [1.54, 1.807) is 18.5 Å². The van der Waals surface area contributed by atoms with E-state index < -0.39 is 0 Å². The van der Waals surface area contributed by atoms with Crippen LogP contribution in [0, 0.1) is 6.92 Å². The fraction of sp³-hybridized carbons (Fsp3) is 0.235. The number of nitrogens with one attached hydrogen (secondary N) is 1. The van der Waals surface area contributed by atoms with Crippen LogP contribution in [0.15, 0.2) is 47.7 Å². The molecule has 0 saturated carbocycles. The maximum Gasteiger partial charge on any atom is 0.239 e. The first kappa shape index (κ1) is 18.3. The molecule has 3 rings (SSSR count). The molecule has 1 atom stereocenters. The molecule has 134 valence electrons. The first-order chi connectivity index (χ1) is 12.6. The van der Waals surface area contributed by atoms with E-state index in [9.17, 15) is 4.79 Å². The zero-order chi connectivity index (χ0) is 18.5. The van der Waals surface area contributed by atoms with Gasteiger partial charge in [0, 0.05) is 29.9 Å². The summed E-state index contributed by atoms with van der Waals surface area (Å²) in [6, 6.07) is 3.75. The Labute approximate surface area is 159 Å². The third-order valence-corrected chi connectivity index (χ3v) is 5.42. The van der Waals surface area contributed by atoms with Crippen LogP contribution in [0.4, 0.5) is 5.13 Å². The van der Waals surface area contributed by atoms with Gasteiger partial charge in [-0.25, -0.2) is 4.98 Å². The highest BCUT2D eigenvalue weighted by molar-refractivity contribution is 8.00. The summed E-state index contributed by atoms with van der Waals surface area (Å²) in [6.07, 6.45) is 5.20. The summed E-state index contributed by atoms with van der Waals surface area (Å²) in [4.78, 5) is 20.7. The second-order valence-corrected chi connectivity index (χ2v) is 7.65. The number of pyridine rings is 1. The molecule has 0 aromatic carbocycles. The number of rotatable bonds is 7. The minimum Gasteiger partial charge on any atom is -0.301 e. The number of aromatic nitrogens is 5. The summed E-state index contributed by atoms with van der Waals surface area (Å²) in [5.74, 6) is 0.598. The van der Waals surface area contributed by atoms with Crippen molar-refractivity contribution in [3.8, 4) is 11.4 Å². The monoisotopic (exact) mass is 386 g/mol. The minimum absolute atomic E-state index is 0.122. The van der Waals surface area contributed by atoms with E-state index in [4.69, 9.17) is 0 Å². The number of nitrogens with zero attached hydrogens (tertiary/aromatic N) is 5. The van der Waals surface area contributed by atoms with Crippen LogP contribution in [0.25, 0.3) is 11.4 Å². The Morgan fingerprint density at radius 2 is 2.19 bits per heavy atom. The number of anilines is 1. The Morgan fingerprint density at radius 1 is 1.42 bits per heavy atom. The van der Waals surface area contributed by atoms with Crippen LogP contribution in [0.1, 0.15) is 12.6 Å². The molecule has 0 radical (unpaired) electrons. The number of thioether (sulfide) groups is 1. The molecule has 7 nitrogen and oxygen atoms in total. The van der Waals surface area contributed by atoms with Crippen LogP contribution >= 0.6 is 23.1 Å². The predicted octanol–water partition coefficient (Wildman–Crippen LogP) is 3.41. The first-order valence-corrected chi connectivity index (χ1v) is 9.68. The Hall–Kier alpha value is -2.52. The van der Waals surface area contributed by atoms with Crippen LogP contribution < -0.4 is 5.32 Å². The molecule has 0 unspecified atom stereocenters. The molecular formula is C17H18N6OS2.